The predicted molar refractivity (Wildman–Crippen MR) is 126 cm³/mol. The Morgan fingerprint density at radius 1 is 0.971 bits per heavy atom. The summed E-state index contributed by atoms with van der Waals surface area (Å²) in [6, 6.07) is 17.9. The molecule has 3 aromatic carbocycles. The summed E-state index contributed by atoms with van der Waals surface area (Å²) in [4.78, 5) is -0.174. The molecule has 2 atom stereocenters. The first-order valence-corrected chi connectivity index (χ1v) is 12.1. The molecular weight excluding hydrogens is 463 g/mol. The van der Waals surface area contributed by atoms with Crippen LogP contribution in [0.25, 0.3) is 0 Å². The van der Waals surface area contributed by atoms with Gasteiger partial charge in [0.05, 0.1) is 10.6 Å². The highest BCUT2D eigenvalue weighted by atomic mass is 32.2. The van der Waals surface area contributed by atoms with Crippen molar-refractivity contribution >= 4 is 15.7 Å². The molecule has 0 saturated carbocycles. The fourth-order valence-corrected chi connectivity index (χ4v) is 4.14. The molecule has 0 amide bonds. The number of nitrogens with one attached hydrogen (secondary N) is 2. The molecule has 0 fully saturated rings. The third kappa shape index (κ3) is 7.70. The smallest absolute Gasteiger partial charge is 0.262 e. The summed E-state index contributed by atoms with van der Waals surface area (Å²) in [5.74, 6) is -0.700. The number of benzene rings is 3. The SMILES string of the molecule is O=S(=O)(Nc1cc(OCC(O)CN[C@@H](O)CCc2ccccc2)ccc1O)c1ccc(F)cc1. The van der Waals surface area contributed by atoms with E-state index in [1.807, 2.05) is 30.3 Å². The number of phenols is 1. The quantitative estimate of drug-likeness (QED) is 0.195. The first-order chi connectivity index (χ1) is 16.2. The molecule has 3 rings (SSSR count). The van der Waals surface area contributed by atoms with Crippen LogP contribution in [0, 0.1) is 5.82 Å². The van der Waals surface area contributed by atoms with Crippen molar-refractivity contribution in [2.75, 3.05) is 17.9 Å². The summed E-state index contributed by atoms with van der Waals surface area (Å²) >= 11 is 0. The molecule has 5 N–H and O–H groups in total. The van der Waals surface area contributed by atoms with E-state index in [1.54, 1.807) is 0 Å². The summed E-state index contributed by atoms with van der Waals surface area (Å²) in [5.41, 5.74) is 0.969. The van der Waals surface area contributed by atoms with Crippen molar-refractivity contribution in [3.05, 3.63) is 84.2 Å². The molecule has 0 heterocycles. The van der Waals surface area contributed by atoms with Gasteiger partial charge in [0.25, 0.3) is 10.0 Å². The van der Waals surface area contributed by atoms with Crippen LogP contribution < -0.4 is 14.8 Å². The minimum Gasteiger partial charge on any atom is -0.506 e. The first-order valence-electron chi connectivity index (χ1n) is 10.6. The van der Waals surface area contributed by atoms with Crippen molar-refractivity contribution in [3.63, 3.8) is 0 Å². The number of phenolic OH excluding ortho intramolecular Hbond substituents is 1. The van der Waals surface area contributed by atoms with Crippen molar-refractivity contribution in [3.8, 4) is 11.5 Å². The van der Waals surface area contributed by atoms with E-state index in [1.165, 1.54) is 18.2 Å². The summed E-state index contributed by atoms with van der Waals surface area (Å²) in [5, 5.41) is 33.0. The number of hydrogen-bond donors (Lipinski definition) is 5. The van der Waals surface area contributed by atoms with E-state index in [2.05, 4.69) is 10.0 Å². The molecule has 3 aromatic rings. The highest BCUT2D eigenvalue weighted by Gasteiger charge is 2.17. The van der Waals surface area contributed by atoms with Crippen LogP contribution in [0.5, 0.6) is 11.5 Å². The average molecular weight is 491 g/mol. The van der Waals surface area contributed by atoms with Crippen LogP contribution in [0.15, 0.2) is 77.7 Å². The highest BCUT2D eigenvalue weighted by Crippen LogP contribution is 2.30. The molecule has 0 spiro atoms. The maximum Gasteiger partial charge on any atom is 0.262 e. The van der Waals surface area contributed by atoms with Crippen LogP contribution in [0.3, 0.4) is 0 Å². The largest absolute Gasteiger partial charge is 0.506 e. The van der Waals surface area contributed by atoms with E-state index in [4.69, 9.17) is 4.74 Å². The molecule has 0 bridgehead atoms. The Kier molecular flexibility index (Phi) is 8.83. The second kappa shape index (κ2) is 11.8. The Balaban J connectivity index is 1.49. The van der Waals surface area contributed by atoms with E-state index in [0.29, 0.717) is 12.8 Å². The van der Waals surface area contributed by atoms with Crippen molar-refractivity contribution in [2.45, 2.75) is 30.1 Å². The molecule has 0 saturated heterocycles. The second-order valence-corrected chi connectivity index (χ2v) is 9.33. The lowest BCUT2D eigenvalue weighted by molar-refractivity contribution is 0.0712. The lowest BCUT2D eigenvalue weighted by atomic mass is 10.1. The zero-order valence-electron chi connectivity index (χ0n) is 18.3. The molecule has 0 aliphatic rings. The van der Waals surface area contributed by atoms with Gasteiger partial charge in [0.1, 0.15) is 36.3 Å². The van der Waals surface area contributed by atoms with Crippen LogP contribution in [0.2, 0.25) is 0 Å². The number of ether oxygens (including phenoxy) is 1. The number of aromatic hydroxyl groups is 1. The van der Waals surface area contributed by atoms with Gasteiger partial charge in [0, 0.05) is 12.6 Å². The molecular formula is C24H27FN2O6S. The standard InChI is InChI=1S/C24H27FN2O6S/c25-18-7-10-21(11-8-18)34(31,32)27-22-14-20(9-12-23(22)29)33-16-19(28)15-26-24(30)13-6-17-4-2-1-3-5-17/h1-5,7-12,14,19,24,26-30H,6,13,15-16H2/t19?,24-/m0/s1. The second-order valence-electron chi connectivity index (χ2n) is 7.65. The third-order valence-corrected chi connectivity index (χ3v) is 6.30. The van der Waals surface area contributed by atoms with Gasteiger partial charge >= 0.3 is 0 Å². The molecule has 34 heavy (non-hydrogen) atoms. The number of aliphatic hydroxyl groups excluding tert-OH is 2. The van der Waals surface area contributed by atoms with Crippen LogP contribution in [0.4, 0.5) is 10.1 Å². The van der Waals surface area contributed by atoms with Crippen molar-refractivity contribution < 1.29 is 32.9 Å². The fraction of sp³-hybridized carbons (Fsp3) is 0.250. The van der Waals surface area contributed by atoms with Gasteiger partial charge in [-0.2, -0.15) is 0 Å². The predicted octanol–water partition coefficient (Wildman–Crippen LogP) is 2.61. The minimum atomic E-state index is -4.06. The van der Waals surface area contributed by atoms with Crippen molar-refractivity contribution in [2.24, 2.45) is 0 Å². The van der Waals surface area contributed by atoms with Crippen LogP contribution in [-0.2, 0) is 16.4 Å². The normalized spacial score (nSPS) is 13.3. The lowest BCUT2D eigenvalue weighted by Gasteiger charge is -2.17. The van der Waals surface area contributed by atoms with E-state index in [0.717, 1.165) is 29.8 Å². The number of aryl methyl sites for hydroxylation is 1. The average Bonchev–Trinajstić information content (AvgIpc) is 2.82. The summed E-state index contributed by atoms with van der Waals surface area (Å²) in [6.07, 6.45) is -0.575. The molecule has 0 aliphatic heterocycles. The summed E-state index contributed by atoms with van der Waals surface area (Å²) < 4.78 is 45.7. The van der Waals surface area contributed by atoms with Gasteiger partial charge in [-0.3, -0.25) is 10.0 Å². The number of sulfonamides is 1. The Bertz CT molecular complexity index is 1160. The van der Waals surface area contributed by atoms with Gasteiger partial charge in [-0.25, -0.2) is 12.8 Å². The number of aliphatic hydroxyl groups is 2. The highest BCUT2D eigenvalue weighted by molar-refractivity contribution is 7.92. The molecule has 1 unspecified atom stereocenters. The van der Waals surface area contributed by atoms with Gasteiger partial charge in [-0.15, -0.1) is 0 Å². The Morgan fingerprint density at radius 2 is 1.68 bits per heavy atom. The summed E-state index contributed by atoms with van der Waals surface area (Å²) in [6.45, 7) is -0.0502. The molecule has 0 aromatic heterocycles. The maximum absolute atomic E-state index is 13.1. The first kappa shape index (κ1) is 25.4. The van der Waals surface area contributed by atoms with Crippen molar-refractivity contribution in [1.82, 2.24) is 5.32 Å². The maximum atomic E-state index is 13.1. The van der Waals surface area contributed by atoms with E-state index in [9.17, 15) is 28.1 Å². The van der Waals surface area contributed by atoms with Crippen LogP contribution >= 0.6 is 0 Å². The molecule has 8 nitrogen and oxygen atoms in total. The van der Waals surface area contributed by atoms with Gasteiger partial charge < -0.3 is 20.1 Å². The van der Waals surface area contributed by atoms with Gasteiger partial charge in [0.15, 0.2) is 0 Å². The van der Waals surface area contributed by atoms with Gasteiger partial charge in [-0.1, -0.05) is 30.3 Å². The molecule has 0 aliphatic carbocycles. The minimum absolute atomic E-state index is 0.0814. The number of rotatable bonds is 12. The third-order valence-electron chi connectivity index (χ3n) is 4.92. The Morgan fingerprint density at radius 3 is 2.38 bits per heavy atom. The van der Waals surface area contributed by atoms with Crippen LogP contribution in [0.1, 0.15) is 12.0 Å². The van der Waals surface area contributed by atoms with E-state index >= 15 is 0 Å². The molecule has 10 heteroatoms. The Hall–Kier alpha value is -3.18. The summed E-state index contributed by atoms with van der Waals surface area (Å²) in [7, 11) is -4.06. The zero-order chi connectivity index (χ0) is 24.6. The van der Waals surface area contributed by atoms with Crippen molar-refractivity contribution in [1.29, 1.82) is 0 Å². The number of halogens is 1. The topological polar surface area (TPSA) is 128 Å². The number of hydrogen-bond acceptors (Lipinski definition) is 7. The van der Waals surface area contributed by atoms with E-state index < -0.39 is 28.2 Å². The van der Waals surface area contributed by atoms with E-state index in [-0.39, 0.29) is 35.2 Å². The van der Waals surface area contributed by atoms with Gasteiger partial charge in [0.2, 0.25) is 0 Å². The monoisotopic (exact) mass is 490 g/mol. The molecule has 182 valence electrons. The van der Waals surface area contributed by atoms with Crippen LogP contribution in [-0.4, -0.2) is 49.2 Å². The van der Waals surface area contributed by atoms with Gasteiger partial charge in [-0.05, 0) is 54.8 Å². The lowest BCUT2D eigenvalue weighted by Crippen LogP contribution is -2.38. The number of anilines is 1. The molecule has 0 radical (unpaired) electrons. The fourth-order valence-electron chi connectivity index (χ4n) is 3.08. The Labute approximate surface area is 197 Å². The zero-order valence-corrected chi connectivity index (χ0v) is 19.1.